The van der Waals surface area contributed by atoms with E-state index in [4.69, 9.17) is 0 Å². The number of benzene rings is 1. The Balaban J connectivity index is 1.54. The van der Waals surface area contributed by atoms with Crippen LogP contribution >= 0.6 is 0 Å². The van der Waals surface area contributed by atoms with Crippen molar-refractivity contribution in [2.45, 2.75) is 19.3 Å². The summed E-state index contributed by atoms with van der Waals surface area (Å²) in [6, 6.07) is 12.3. The van der Waals surface area contributed by atoms with E-state index in [0.29, 0.717) is 11.6 Å². The van der Waals surface area contributed by atoms with Gasteiger partial charge in [-0.2, -0.15) is 0 Å². The number of hydrogen-bond donors (Lipinski definition) is 0. The molecule has 3 rings (SSSR count). The molecular weight excluding hydrogens is 262 g/mol. The topological polar surface area (TPSA) is 46.1 Å². The van der Waals surface area contributed by atoms with Crippen molar-refractivity contribution >= 4 is 5.91 Å². The molecule has 1 saturated heterocycles. The number of aromatic nitrogens is 2. The van der Waals surface area contributed by atoms with Crippen LogP contribution in [0.3, 0.4) is 0 Å². The highest BCUT2D eigenvalue weighted by molar-refractivity contribution is 5.92. The Morgan fingerprint density at radius 2 is 1.90 bits per heavy atom. The first-order chi connectivity index (χ1) is 10.3. The summed E-state index contributed by atoms with van der Waals surface area (Å²) in [5.41, 5.74) is 1.88. The van der Waals surface area contributed by atoms with Gasteiger partial charge in [-0.05, 0) is 36.8 Å². The maximum absolute atomic E-state index is 12.3. The highest BCUT2D eigenvalue weighted by atomic mass is 16.2. The van der Waals surface area contributed by atoms with Gasteiger partial charge in [-0.3, -0.25) is 4.79 Å². The van der Waals surface area contributed by atoms with Gasteiger partial charge in [0.15, 0.2) is 0 Å². The Hall–Kier alpha value is -2.23. The third-order valence-electron chi connectivity index (χ3n) is 4.07. The van der Waals surface area contributed by atoms with Gasteiger partial charge in [0, 0.05) is 19.3 Å². The molecule has 0 saturated carbocycles. The van der Waals surface area contributed by atoms with Gasteiger partial charge in [0.2, 0.25) is 0 Å². The zero-order chi connectivity index (χ0) is 14.5. The largest absolute Gasteiger partial charge is 0.337 e. The van der Waals surface area contributed by atoms with Gasteiger partial charge in [-0.25, -0.2) is 9.97 Å². The predicted octanol–water partition coefficient (Wildman–Crippen LogP) is 2.57. The van der Waals surface area contributed by atoms with E-state index in [0.717, 1.165) is 32.4 Å². The normalized spacial score (nSPS) is 15.9. The standard InChI is InChI=1S/C17H19N3O/c21-17(16-6-9-18-13-19-16)20-10-7-15(8-11-20)12-14-4-2-1-3-5-14/h1-6,9,13,15H,7-8,10-12H2. The van der Waals surface area contributed by atoms with E-state index >= 15 is 0 Å². The third-order valence-corrected chi connectivity index (χ3v) is 4.07. The third kappa shape index (κ3) is 3.45. The van der Waals surface area contributed by atoms with E-state index in [1.807, 2.05) is 11.0 Å². The monoisotopic (exact) mass is 281 g/mol. The zero-order valence-electron chi connectivity index (χ0n) is 12.0. The van der Waals surface area contributed by atoms with Crippen LogP contribution in [0.5, 0.6) is 0 Å². The van der Waals surface area contributed by atoms with Crippen LogP contribution in [0.25, 0.3) is 0 Å². The molecule has 108 valence electrons. The fourth-order valence-electron chi connectivity index (χ4n) is 2.87. The van der Waals surface area contributed by atoms with Crippen LogP contribution in [0.4, 0.5) is 0 Å². The van der Waals surface area contributed by atoms with Crippen LogP contribution in [-0.2, 0) is 6.42 Å². The second kappa shape index (κ2) is 6.48. The maximum Gasteiger partial charge on any atom is 0.272 e. The quantitative estimate of drug-likeness (QED) is 0.868. The summed E-state index contributed by atoms with van der Waals surface area (Å²) in [5, 5.41) is 0. The first kappa shape index (κ1) is 13.7. The summed E-state index contributed by atoms with van der Waals surface area (Å²) in [6.45, 7) is 1.64. The van der Waals surface area contributed by atoms with E-state index in [1.165, 1.54) is 11.9 Å². The van der Waals surface area contributed by atoms with E-state index < -0.39 is 0 Å². The van der Waals surface area contributed by atoms with E-state index in [2.05, 4.69) is 34.2 Å². The molecule has 1 aliphatic heterocycles. The summed E-state index contributed by atoms with van der Waals surface area (Å²) < 4.78 is 0. The number of hydrogen-bond acceptors (Lipinski definition) is 3. The van der Waals surface area contributed by atoms with Crippen LogP contribution in [0.2, 0.25) is 0 Å². The number of likely N-dealkylation sites (tertiary alicyclic amines) is 1. The predicted molar refractivity (Wildman–Crippen MR) is 80.8 cm³/mol. The molecule has 1 aromatic carbocycles. The zero-order valence-corrected chi connectivity index (χ0v) is 12.0. The first-order valence-electron chi connectivity index (χ1n) is 7.42. The van der Waals surface area contributed by atoms with E-state index in [-0.39, 0.29) is 5.91 Å². The van der Waals surface area contributed by atoms with Crippen LogP contribution in [0.1, 0.15) is 28.9 Å². The van der Waals surface area contributed by atoms with Crippen molar-refractivity contribution in [3.8, 4) is 0 Å². The number of carbonyl (C=O) groups excluding carboxylic acids is 1. The fraction of sp³-hybridized carbons (Fsp3) is 0.353. The Bertz CT molecular complexity index is 577. The van der Waals surface area contributed by atoms with Gasteiger partial charge in [0.1, 0.15) is 12.0 Å². The van der Waals surface area contributed by atoms with Gasteiger partial charge >= 0.3 is 0 Å². The van der Waals surface area contributed by atoms with Gasteiger partial charge in [-0.15, -0.1) is 0 Å². The number of rotatable bonds is 3. The summed E-state index contributed by atoms with van der Waals surface area (Å²) in [7, 11) is 0. The molecule has 0 bridgehead atoms. The molecule has 21 heavy (non-hydrogen) atoms. The van der Waals surface area contributed by atoms with Crippen molar-refractivity contribution in [3.63, 3.8) is 0 Å². The molecule has 1 aromatic heterocycles. The summed E-state index contributed by atoms with van der Waals surface area (Å²) in [4.78, 5) is 22.1. The molecule has 1 fully saturated rings. The molecule has 0 radical (unpaired) electrons. The van der Waals surface area contributed by atoms with Gasteiger partial charge < -0.3 is 4.90 Å². The highest BCUT2D eigenvalue weighted by Crippen LogP contribution is 2.22. The van der Waals surface area contributed by atoms with Crippen LogP contribution in [-0.4, -0.2) is 33.9 Å². The average molecular weight is 281 g/mol. The minimum Gasteiger partial charge on any atom is -0.337 e. The molecule has 4 heteroatoms. The van der Waals surface area contributed by atoms with E-state index in [9.17, 15) is 4.79 Å². The van der Waals surface area contributed by atoms with Crippen LogP contribution in [0, 0.1) is 5.92 Å². The molecule has 0 atom stereocenters. The molecule has 0 N–H and O–H groups in total. The van der Waals surface area contributed by atoms with E-state index in [1.54, 1.807) is 12.3 Å². The minimum absolute atomic E-state index is 0.0237. The number of amides is 1. The number of nitrogens with zero attached hydrogens (tertiary/aromatic N) is 3. The van der Waals surface area contributed by atoms with Crippen molar-refractivity contribution in [2.24, 2.45) is 5.92 Å². The smallest absolute Gasteiger partial charge is 0.272 e. The Morgan fingerprint density at radius 3 is 2.57 bits per heavy atom. The average Bonchev–Trinajstić information content (AvgIpc) is 2.57. The lowest BCUT2D eigenvalue weighted by Gasteiger charge is -2.31. The van der Waals surface area contributed by atoms with Gasteiger partial charge in [-0.1, -0.05) is 30.3 Å². The van der Waals surface area contributed by atoms with Crippen LogP contribution < -0.4 is 0 Å². The van der Waals surface area contributed by atoms with Crippen molar-refractivity contribution in [3.05, 3.63) is 60.2 Å². The molecule has 0 aliphatic carbocycles. The molecular formula is C17H19N3O. The molecule has 1 amide bonds. The molecule has 1 aliphatic rings. The minimum atomic E-state index is 0.0237. The second-order valence-electron chi connectivity index (χ2n) is 5.52. The first-order valence-corrected chi connectivity index (χ1v) is 7.42. The highest BCUT2D eigenvalue weighted by Gasteiger charge is 2.24. The molecule has 2 aromatic rings. The second-order valence-corrected chi connectivity index (χ2v) is 5.52. The van der Waals surface area contributed by atoms with Crippen molar-refractivity contribution in [1.82, 2.24) is 14.9 Å². The van der Waals surface area contributed by atoms with Crippen molar-refractivity contribution in [1.29, 1.82) is 0 Å². The lowest BCUT2D eigenvalue weighted by atomic mass is 9.90. The Morgan fingerprint density at radius 1 is 1.14 bits per heavy atom. The maximum atomic E-state index is 12.3. The Labute approximate surface area is 124 Å². The van der Waals surface area contributed by atoms with Gasteiger partial charge in [0.05, 0.1) is 0 Å². The SMILES string of the molecule is O=C(c1ccncn1)N1CCC(Cc2ccccc2)CC1. The van der Waals surface area contributed by atoms with Crippen molar-refractivity contribution in [2.75, 3.05) is 13.1 Å². The number of carbonyl (C=O) groups is 1. The lowest BCUT2D eigenvalue weighted by molar-refractivity contribution is 0.0684. The van der Waals surface area contributed by atoms with Crippen molar-refractivity contribution < 1.29 is 4.79 Å². The summed E-state index contributed by atoms with van der Waals surface area (Å²) in [6.07, 6.45) is 6.27. The van der Waals surface area contributed by atoms with Gasteiger partial charge in [0.25, 0.3) is 5.91 Å². The molecule has 0 spiro atoms. The lowest BCUT2D eigenvalue weighted by Crippen LogP contribution is -2.39. The molecule has 4 nitrogen and oxygen atoms in total. The molecule has 0 unspecified atom stereocenters. The molecule has 2 heterocycles. The number of piperidine rings is 1. The fourth-order valence-corrected chi connectivity index (χ4v) is 2.87. The summed E-state index contributed by atoms with van der Waals surface area (Å²) >= 11 is 0. The summed E-state index contributed by atoms with van der Waals surface area (Å²) in [5.74, 6) is 0.692. The van der Waals surface area contributed by atoms with Crippen LogP contribution in [0.15, 0.2) is 48.9 Å². The Kier molecular flexibility index (Phi) is 4.24.